The fraction of sp³-hybridized carbons (Fsp3) is 0.270. The van der Waals surface area contributed by atoms with Gasteiger partial charge in [-0.2, -0.15) is 0 Å². The van der Waals surface area contributed by atoms with Gasteiger partial charge in [0.25, 0.3) is 0 Å². The minimum absolute atomic E-state index is 0.0492. The molecular formula is C37H36N2O7. The van der Waals surface area contributed by atoms with Crippen molar-refractivity contribution in [2.45, 2.75) is 50.6 Å². The first-order valence-corrected chi connectivity index (χ1v) is 15.3. The highest BCUT2D eigenvalue weighted by molar-refractivity contribution is 5.91. The van der Waals surface area contributed by atoms with Crippen LogP contribution in [0.3, 0.4) is 0 Å². The molecule has 0 radical (unpaired) electrons. The van der Waals surface area contributed by atoms with Gasteiger partial charge in [-0.15, -0.1) is 0 Å². The van der Waals surface area contributed by atoms with Crippen LogP contribution in [0.4, 0.5) is 4.79 Å². The summed E-state index contributed by atoms with van der Waals surface area (Å²) in [5.41, 5.74) is 4.71. The molecule has 4 aromatic rings. The number of benzene rings is 4. The van der Waals surface area contributed by atoms with Gasteiger partial charge in [-0.05, 0) is 59.4 Å². The average molecular weight is 621 g/mol. The van der Waals surface area contributed by atoms with Crippen molar-refractivity contribution in [3.05, 3.63) is 125 Å². The van der Waals surface area contributed by atoms with E-state index in [1.807, 2.05) is 66.7 Å². The molecule has 1 saturated heterocycles. The minimum Gasteiger partial charge on any atom is -0.508 e. The third kappa shape index (κ3) is 6.46. The predicted molar refractivity (Wildman–Crippen MR) is 171 cm³/mol. The first-order chi connectivity index (χ1) is 22.2. The Morgan fingerprint density at radius 3 is 2.11 bits per heavy atom. The number of carbonyl (C=O) groups excluding carboxylic acids is 3. The van der Waals surface area contributed by atoms with E-state index in [4.69, 9.17) is 14.2 Å². The molecular weight excluding hydrogens is 584 g/mol. The first-order valence-electron chi connectivity index (χ1n) is 15.3. The fourth-order valence-electron chi connectivity index (χ4n) is 6.24. The van der Waals surface area contributed by atoms with Crippen LogP contribution in [0.1, 0.15) is 42.0 Å². The molecule has 1 fully saturated rings. The zero-order valence-electron chi connectivity index (χ0n) is 25.7. The van der Waals surface area contributed by atoms with E-state index in [2.05, 4.69) is 17.4 Å². The normalized spacial score (nSPS) is 17.1. The Hall–Kier alpha value is -5.15. The lowest BCUT2D eigenvalue weighted by atomic mass is 9.98. The van der Waals surface area contributed by atoms with Crippen molar-refractivity contribution in [3.8, 4) is 16.9 Å². The highest BCUT2D eigenvalue weighted by Crippen LogP contribution is 2.44. The van der Waals surface area contributed by atoms with E-state index >= 15 is 0 Å². The Morgan fingerprint density at radius 2 is 1.46 bits per heavy atom. The zero-order valence-corrected chi connectivity index (χ0v) is 25.7. The van der Waals surface area contributed by atoms with E-state index in [1.165, 1.54) is 17.0 Å². The van der Waals surface area contributed by atoms with Crippen LogP contribution in [0.15, 0.2) is 103 Å². The van der Waals surface area contributed by atoms with E-state index < -0.39 is 35.8 Å². The van der Waals surface area contributed by atoms with Gasteiger partial charge >= 0.3 is 12.1 Å². The number of amides is 2. The van der Waals surface area contributed by atoms with Gasteiger partial charge in [0.05, 0.1) is 6.61 Å². The van der Waals surface area contributed by atoms with Crippen LogP contribution in [0, 0.1) is 0 Å². The van der Waals surface area contributed by atoms with Crippen LogP contribution < -0.4 is 5.32 Å². The summed E-state index contributed by atoms with van der Waals surface area (Å²) in [6.07, 6.45) is -0.679. The lowest BCUT2D eigenvalue weighted by Crippen LogP contribution is -2.58. The number of esters is 1. The lowest BCUT2D eigenvalue weighted by Gasteiger charge is -2.35. The van der Waals surface area contributed by atoms with Crippen LogP contribution in [0.25, 0.3) is 11.1 Å². The SMILES string of the molecule is CC1(C)OC[C@@H](C(=O)OCc2ccccc2)N1C(=O)[C@H](Cc1ccc(O)cc1)NC(=O)OCC1c2ccccc2-c2ccccc21. The van der Waals surface area contributed by atoms with E-state index in [-0.39, 0.29) is 37.9 Å². The average Bonchev–Trinajstić information content (AvgIpc) is 3.56. The second-order valence-corrected chi connectivity index (χ2v) is 12.0. The van der Waals surface area contributed by atoms with Crippen molar-refractivity contribution < 1.29 is 33.7 Å². The number of fused-ring (bicyclic) bond motifs is 3. The van der Waals surface area contributed by atoms with Gasteiger partial charge < -0.3 is 24.6 Å². The third-order valence-corrected chi connectivity index (χ3v) is 8.53. The molecule has 236 valence electrons. The largest absolute Gasteiger partial charge is 0.508 e. The van der Waals surface area contributed by atoms with Gasteiger partial charge in [-0.3, -0.25) is 9.69 Å². The van der Waals surface area contributed by atoms with Crippen molar-refractivity contribution in [2.75, 3.05) is 13.2 Å². The summed E-state index contributed by atoms with van der Waals surface area (Å²) in [5.74, 6) is -1.21. The van der Waals surface area contributed by atoms with Gasteiger partial charge in [-0.1, -0.05) is 91.0 Å². The molecule has 2 amide bonds. The standard InChI is InChI=1S/C37H36N2O7/c1-37(2)39(33(23-46-37)35(42)44-21-25-10-4-3-5-11-25)34(41)32(20-24-16-18-26(40)19-17-24)38-36(43)45-22-31-29-14-8-6-12-27(29)28-13-7-9-15-30(28)31/h3-19,31-33,40H,20-23H2,1-2H3,(H,38,43)/t32-,33-/m0/s1. The molecule has 6 rings (SSSR count). The monoisotopic (exact) mass is 620 g/mol. The van der Waals surface area contributed by atoms with Crippen molar-refractivity contribution in [1.82, 2.24) is 10.2 Å². The van der Waals surface area contributed by atoms with Gasteiger partial charge in [-0.25, -0.2) is 9.59 Å². The molecule has 9 heteroatoms. The van der Waals surface area contributed by atoms with Crippen LogP contribution in [0.5, 0.6) is 5.75 Å². The van der Waals surface area contributed by atoms with Crippen molar-refractivity contribution >= 4 is 18.0 Å². The maximum Gasteiger partial charge on any atom is 0.407 e. The number of nitrogens with zero attached hydrogens (tertiary/aromatic N) is 1. The number of alkyl carbamates (subject to hydrolysis) is 1. The van der Waals surface area contributed by atoms with E-state index in [0.717, 1.165) is 27.8 Å². The Bertz CT molecular complexity index is 1680. The summed E-state index contributed by atoms with van der Waals surface area (Å²) in [6.45, 7) is 3.46. The topological polar surface area (TPSA) is 114 Å². The molecule has 1 aliphatic carbocycles. The minimum atomic E-state index is -1.15. The Morgan fingerprint density at radius 1 is 0.848 bits per heavy atom. The smallest absolute Gasteiger partial charge is 0.407 e. The quantitative estimate of drug-likeness (QED) is 0.236. The van der Waals surface area contributed by atoms with E-state index in [1.54, 1.807) is 26.0 Å². The summed E-state index contributed by atoms with van der Waals surface area (Å²) in [4.78, 5) is 42.2. The summed E-state index contributed by atoms with van der Waals surface area (Å²) in [5, 5.41) is 12.6. The van der Waals surface area contributed by atoms with Crippen LogP contribution in [-0.2, 0) is 36.8 Å². The fourth-order valence-corrected chi connectivity index (χ4v) is 6.24. The summed E-state index contributed by atoms with van der Waals surface area (Å²) >= 11 is 0. The van der Waals surface area contributed by atoms with Gasteiger partial charge in [0.15, 0.2) is 6.04 Å². The number of carbonyl (C=O) groups is 3. The Labute approximate surface area is 267 Å². The first kappa shape index (κ1) is 30.9. The zero-order chi connectivity index (χ0) is 32.3. The van der Waals surface area contributed by atoms with Crippen molar-refractivity contribution in [3.63, 3.8) is 0 Å². The van der Waals surface area contributed by atoms with Gasteiger partial charge in [0.1, 0.15) is 30.7 Å². The van der Waals surface area contributed by atoms with Crippen molar-refractivity contribution in [1.29, 1.82) is 0 Å². The number of nitrogens with one attached hydrogen (secondary N) is 1. The molecule has 0 aromatic heterocycles. The molecule has 0 spiro atoms. The molecule has 0 saturated carbocycles. The number of phenols is 1. The predicted octanol–water partition coefficient (Wildman–Crippen LogP) is 5.55. The lowest BCUT2D eigenvalue weighted by molar-refractivity contribution is -0.160. The molecule has 2 N–H and O–H groups in total. The molecule has 2 aliphatic rings. The third-order valence-electron chi connectivity index (χ3n) is 8.53. The maximum absolute atomic E-state index is 14.3. The molecule has 9 nitrogen and oxygen atoms in total. The Kier molecular flexibility index (Phi) is 8.76. The molecule has 1 aliphatic heterocycles. The molecule has 46 heavy (non-hydrogen) atoms. The molecule has 2 atom stereocenters. The van der Waals surface area contributed by atoms with E-state index in [9.17, 15) is 19.5 Å². The highest BCUT2D eigenvalue weighted by Gasteiger charge is 2.49. The highest BCUT2D eigenvalue weighted by atomic mass is 16.6. The van der Waals surface area contributed by atoms with Gasteiger partial charge in [0, 0.05) is 12.3 Å². The Balaban J connectivity index is 1.20. The maximum atomic E-state index is 14.3. The second-order valence-electron chi connectivity index (χ2n) is 12.0. The van der Waals surface area contributed by atoms with E-state index in [0.29, 0.717) is 5.56 Å². The molecule has 4 aromatic carbocycles. The summed E-state index contributed by atoms with van der Waals surface area (Å²) < 4.78 is 17.2. The number of rotatable bonds is 9. The number of hydrogen-bond donors (Lipinski definition) is 2. The molecule has 1 heterocycles. The number of ether oxygens (including phenoxy) is 3. The summed E-state index contributed by atoms with van der Waals surface area (Å²) in [7, 11) is 0. The summed E-state index contributed by atoms with van der Waals surface area (Å²) in [6, 6.07) is 29.6. The molecule has 0 bridgehead atoms. The second kappa shape index (κ2) is 13.1. The van der Waals surface area contributed by atoms with Crippen LogP contribution in [0.2, 0.25) is 0 Å². The number of hydrogen-bond acceptors (Lipinski definition) is 7. The van der Waals surface area contributed by atoms with Crippen LogP contribution >= 0.6 is 0 Å². The van der Waals surface area contributed by atoms with Crippen molar-refractivity contribution in [2.24, 2.45) is 0 Å². The van der Waals surface area contributed by atoms with Gasteiger partial charge in [0.2, 0.25) is 5.91 Å². The number of phenolic OH excluding ortho intramolecular Hbond substituents is 1. The van der Waals surface area contributed by atoms with Crippen LogP contribution in [-0.4, -0.2) is 59.0 Å². The number of aromatic hydroxyl groups is 1. The molecule has 0 unspecified atom stereocenters.